The largest absolute Gasteiger partial charge is 0.351 e. The highest BCUT2D eigenvalue weighted by Crippen LogP contribution is 2.36. The summed E-state index contributed by atoms with van der Waals surface area (Å²) in [7, 11) is -3.94. The molecular weight excluding hydrogens is 555 g/mol. The highest BCUT2D eigenvalue weighted by Gasteiger charge is 2.47. The van der Waals surface area contributed by atoms with Crippen molar-refractivity contribution >= 4 is 33.3 Å². The van der Waals surface area contributed by atoms with Crippen LogP contribution in [0.1, 0.15) is 61.3 Å². The summed E-state index contributed by atoms with van der Waals surface area (Å²) >= 11 is 0. The minimum atomic E-state index is -3.94. The van der Waals surface area contributed by atoms with Crippen LogP contribution in [-0.2, 0) is 19.6 Å². The molecule has 1 unspecified atom stereocenters. The number of pyridine rings is 1. The van der Waals surface area contributed by atoms with Gasteiger partial charge < -0.3 is 5.32 Å². The van der Waals surface area contributed by atoms with E-state index in [4.69, 9.17) is 6.42 Å². The lowest BCUT2D eigenvalue weighted by molar-refractivity contribution is -0.127. The fourth-order valence-corrected chi connectivity index (χ4v) is 7.52. The van der Waals surface area contributed by atoms with Crippen molar-refractivity contribution in [3.05, 3.63) is 89.4 Å². The van der Waals surface area contributed by atoms with Crippen LogP contribution in [0.3, 0.4) is 0 Å². The zero-order chi connectivity index (χ0) is 29.9. The summed E-state index contributed by atoms with van der Waals surface area (Å²) in [6.45, 7) is 1.84. The van der Waals surface area contributed by atoms with Crippen LogP contribution in [-0.4, -0.2) is 43.1 Å². The van der Waals surface area contributed by atoms with Gasteiger partial charge in [-0.1, -0.05) is 55.5 Å². The molecule has 1 saturated carbocycles. The van der Waals surface area contributed by atoms with Crippen molar-refractivity contribution < 1.29 is 22.4 Å². The average molecular weight is 589 g/mol. The van der Waals surface area contributed by atoms with Gasteiger partial charge in [0.25, 0.3) is 5.91 Å². The predicted octanol–water partition coefficient (Wildman–Crippen LogP) is 4.64. The van der Waals surface area contributed by atoms with E-state index in [0.29, 0.717) is 11.1 Å². The van der Waals surface area contributed by atoms with Crippen molar-refractivity contribution in [1.82, 2.24) is 10.3 Å². The maximum absolute atomic E-state index is 14.7. The Hall–Kier alpha value is -4.23. The topological polar surface area (TPSA) is 99.7 Å². The maximum atomic E-state index is 14.7. The molecule has 1 aromatic heterocycles. The Morgan fingerprint density at radius 2 is 1.83 bits per heavy atom. The zero-order valence-electron chi connectivity index (χ0n) is 23.4. The molecule has 1 aliphatic heterocycles. The molecule has 0 radical (unpaired) electrons. The number of carbonyl (C=O) groups is 2. The highest BCUT2D eigenvalue weighted by atomic mass is 32.2. The Kier molecular flexibility index (Phi) is 8.59. The lowest BCUT2D eigenvalue weighted by Gasteiger charge is -2.36. The number of aryl methyl sites for hydroxylation is 1. The van der Waals surface area contributed by atoms with Gasteiger partial charge in [-0.25, -0.2) is 22.1 Å². The minimum Gasteiger partial charge on any atom is -0.351 e. The van der Waals surface area contributed by atoms with Gasteiger partial charge in [-0.3, -0.25) is 14.5 Å². The molecule has 2 atom stereocenters. The number of sulfonamides is 1. The van der Waals surface area contributed by atoms with Gasteiger partial charge >= 0.3 is 0 Å². The quantitative estimate of drug-likeness (QED) is 0.406. The number of terminal acetylenes is 1. The second-order valence-corrected chi connectivity index (χ2v) is 12.7. The van der Waals surface area contributed by atoms with Gasteiger partial charge in [0.2, 0.25) is 15.9 Å². The van der Waals surface area contributed by atoms with E-state index in [1.807, 2.05) is 19.1 Å². The molecule has 218 valence electrons. The number of halogens is 1. The number of aromatic nitrogens is 1. The maximum Gasteiger partial charge on any atom is 0.252 e. The van der Waals surface area contributed by atoms with Crippen LogP contribution in [0.15, 0.2) is 66.9 Å². The monoisotopic (exact) mass is 588 g/mol. The standard InChI is InChI=1S/C32H33FN4O4S/c1-3-23-16-18-34-29(20-23)37-28(17-19-42(37,40)41)32(39)36(26-14-9-11-24(33)21-26)30(27-15-8-7-10-22(27)2)31(38)35-25-12-5-4-6-13-25/h1,7-11,14-16,18,20-21,25,28,30H,4-6,12-13,17,19H2,2H3,(H,35,38)/t28-,30?/m0/s1. The normalized spacial score (nSPS) is 19.1. The van der Waals surface area contributed by atoms with Crippen LogP contribution >= 0.6 is 0 Å². The van der Waals surface area contributed by atoms with E-state index in [2.05, 4.69) is 16.2 Å². The van der Waals surface area contributed by atoms with Crippen molar-refractivity contribution in [3.8, 4) is 12.3 Å². The summed E-state index contributed by atoms with van der Waals surface area (Å²) in [5, 5.41) is 3.14. The van der Waals surface area contributed by atoms with E-state index < -0.39 is 39.7 Å². The predicted molar refractivity (Wildman–Crippen MR) is 160 cm³/mol. The summed E-state index contributed by atoms with van der Waals surface area (Å²) in [4.78, 5) is 34.3. The average Bonchev–Trinajstić information content (AvgIpc) is 3.31. The molecule has 1 N–H and O–H groups in total. The number of hydrogen-bond acceptors (Lipinski definition) is 5. The molecule has 8 nitrogen and oxygen atoms in total. The summed E-state index contributed by atoms with van der Waals surface area (Å²) in [5.74, 6) is 0.509. The lowest BCUT2D eigenvalue weighted by atomic mass is 9.93. The van der Waals surface area contributed by atoms with E-state index >= 15 is 0 Å². The van der Waals surface area contributed by atoms with Crippen molar-refractivity contribution in [2.45, 2.75) is 63.6 Å². The third-order valence-corrected chi connectivity index (χ3v) is 9.71. The molecule has 0 bridgehead atoms. The van der Waals surface area contributed by atoms with Crippen LogP contribution in [0.2, 0.25) is 0 Å². The number of carbonyl (C=O) groups excluding carboxylic acids is 2. The number of hydrogen-bond donors (Lipinski definition) is 1. The zero-order valence-corrected chi connectivity index (χ0v) is 24.2. The number of amides is 2. The van der Waals surface area contributed by atoms with Crippen LogP contribution < -0.4 is 14.5 Å². The second-order valence-electron chi connectivity index (χ2n) is 10.8. The Morgan fingerprint density at radius 3 is 2.55 bits per heavy atom. The molecule has 2 aromatic carbocycles. The Bertz CT molecular complexity index is 1630. The van der Waals surface area contributed by atoms with E-state index in [1.54, 1.807) is 24.3 Å². The van der Waals surface area contributed by atoms with Crippen LogP contribution in [0.5, 0.6) is 0 Å². The highest BCUT2D eigenvalue weighted by molar-refractivity contribution is 7.93. The molecule has 1 aliphatic carbocycles. The van der Waals surface area contributed by atoms with E-state index in [-0.39, 0.29) is 29.7 Å². The smallest absolute Gasteiger partial charge is 0.252 e. The van der Waals surface area contributed by atoms with E-state index in [1.165, 1.54) is 35.4 Å². The molecule has 3 aromatic rings. The summed E-state index contributed by atoms with van der Waals surface area (Å²) in [6.07, 6.45) is 11.6. The first kappa shape index (κ1) is 29.3. The Balaban J connectivity index is 1.64. The minimum absolute atomic E-state index is 0.0135. The van der Waals surface area contributed by atoms with E-state index in [9.17, 15) is 22.4 Å². The number of nitrogens with one attached hydrogen (secondary N) is 1. The van der Waals surface area contributed by atoms with Gasteiger partial charge in [-0.2, -0.15) is 0 Å². The van der Waals surface area contributed by atoms with Crippen molar-refractivity contribution in [3.63, 3.8) is 0 Å². The molecule has 2 heterocycles. The van der Waals surface area contributed by atoms with Gasteiger partial charge in [0, 0.05) is 23.5 Å². The number of nitrogens with zero attached hydrogens (tertiary/aromatic N) is 3. The molecule has 5 rings (SSSR count). The van der Waals surface area contributed by atoms with Crippen LogP contribution in [0.25, 0.3) is 0 Å². The number of rotatable bonds is 7. The molecule has 2 fully saturated rings. The first-order valence-corrected chi connectivity index (χ1v) is 15.7. The molecule has 2 amide bonds. The van der Waals surface area contributed by atoms with Crippen LogP contribution in [0, 0.1) is 25.1 Å². The molecule has 0 spiro atoms. The molecular formula is C32H33FN4O4S. The lowest BCUT2D eigenvalue weighted by Crippen LogP contribution is -2.53. The van der Waals surface area contributed by atoms with Crippen molar-refractivity contribution in [2.75, 3.05) is 15.0 Å². The van der Waals surface area contributed by atoms with Gasteiger partial charge in [-0.05, 0) is 67.6 Å². The first-order chi connectivity index (χ1) is 20.2. The first-order valence-electron chi connectivity index (χ1n) is 14.1. The van der Waals surface area contributed by atoms with Gasteiger partial charge in [-0.15, -0.1) is 6.42 Å². The number of benzene rings is 2. The summed E-state index contributed by atoms with van der Waals surface area (Å²) < 4.78 is 42.3. The fourth-order valence-electron chi connectivity index (χ4n) is 5.83. The summed E-state index contributed by atoms with van der Waals surface area (Å²) in [6, 6.07) is 13.2. The van der Waals surface area contributed by atoms with Crippen molar-refractivity contribution in [2.24, 2.45) is 0 Å². The van der Waals surface area contributed by atoms with E-state index in [0.717, 1.165) is 42.0 Å². The Morgan fingerprint density at radius 1 is 1.07 bits per heavy atom. The molecule has 42 heavy (non-hydrogen) atoms. The fraction of sp³-hybridized carbons (Fsp3) is 0.344. The van der Waals surface area contributed by atoms with Gasteiger partial charge in [0.05, 0.1) is 5.75 Å². The van der Waals surface area contributed by atoms with Crippen molar-refractivity contribution in [1.29, 1.82) is 0 Å². The third-order valence-electron chi connectivity index (χ3n) is 7.92. The molecule has 2 aliphatic rings. The Labute approximate surface area is 246 Å². The van der Waals surface area contributed by atoms with Gasteiger partial charge in [0.15, 0.2) is 0 Å². The van der Waals surface area contributed by atoms with Gasteiger partial charge in [0.1, 0.15) is 23.7 Å². The second kappa shape index (κ2) is 12.3. The number of anilines is 2. The SMILES string of the molecule is C#Cc1ccnc(N2[C@H](C(=O)N(c3cccc(F)c3)C(C(=O)NC3CCCCC3)c3ccccc3C)CCS2(=O)=O)c1. The summed E-state index contributed by atoms with van der Waals surface area (Å²) in [5.41, 5.74) is 1.86. The molecule has 10 heteroatoms. The molecule has 1 saturated heterocycles. The third kappa shape index (κ3) is 6.02. The van der Waals surface area contributed by atoms with Crippen LogP contribution in [0.4, 0.5) is 15.9 Å².